The minimum Gasteiger partial charge on any atom is -0.212 e. The quantitative estimate of drug-likeness (QED) is 0.800. The van der Waals surface area contributed by atoms with Crippen molar-refractivity contribution in [1.82, 2.24) is 0 Å². The second kappa shape index (κ2) is 3.40. The van der Waals surface area contributed by atoms with E-state index in [4.69, 9.17) is 22.3 Å². The van der Waals surface area contributed by atoms with Crippen molar-refractivity contribution in [3.63, 3.8) is 0 Å². The van der Waals surface area contributed by atoms with Crippen LogP contribution in [-0.2, 0) is 14.5 Å². The van der Waals surface area contributed by atoms with Gasteiger partial charge < -0.3 is 0 Å². The molecule has 0 spiro atoms. The third-order valence-corrected chi connectivity index (χ3v) is 5.68. The number of hydrogen-bond acceptors (Lipinski definition) is 2. The Balaban J connectivity index is 1.79. The van der Waals surface area contributed by atoms with Crippen LogP contribution in [0.4, 0.5) is 0 Å². The van der Waals surface area contributed by atoms with Crippen molar-refractivity contribution in [1.29, 1.82) is 0 Å². The summed E-state index contributed by atoms with van der Waals surface area (Å²) in [6.45, 7) is 0. The summed E-state index contributed by atoms with van der Waals surface area (Å²) in [6, 6.07) is 7.83. The highest BCUT2D eigenvalue weighted by atomic mass is 35.7. The van der Waals surface area contributed by atoms with E-state index in [9.17, 15) is 8.42 Å². The number of hydrogen-bond donors (Lipinski definition) is 0. The Hall–Kier alpha value is -0.250. The topological polar surface area (TPSA) is 34.1 Å². The van der Waals surface area contributed by atoms with E-state index in [1.807, 2.05) is 24.3 Å². The molecule has 0 unspecified atom stereocenters. The van der Waals surface area contributed by atoms with Crippen molar-refractivity contribution < 1.29 is 8.42 Å². The predicted molar refractivity (Wildman–Crippen MR) is 69.1 cm³/mol. The van der Waals surface area contributed by atoms with Crippen LogP contribution < -0.4 is 0 Å². The molecule has 0 aliphatic heterocycles. The molecule has 0 aromatic heterocycles. The summed E-state index contributed by atoms with van der Waals surface area (Å²) in [6.07, 6.45) is 2.70. The summed E-state index contributed by atoms with van der Waals surface area (Å²) in [5.41, 5.74) is 1.22. The van der Waals surface area contributed by atoms with Crippen LogP contribution in [0.15, 0.2) is 24.3 Å². The summed E-state index contributed by atoms with van der Waals surface area (Å²) in [7, 11) is 1.94. The molecule has 1 aromatic rings. The summed E-state index contributed by atoms with van der Waals surface area (Å²) >= 11 is 6.18. The van der Waals surface area contributed by atoms with Gasteiger partial charge in [0, 0.05) is 15.7 Å². The van der Waals surface area contributed by atoms with Gasteiger partial charge in [-0.1, -0.05) is 29.8 Å². The molecule has 17 heavy (non-hydrogen) atoms. The molecule has 3 fully saturated rings. The van der Waals surface area contributed by atoms with Crippen LogP contribution in [0.25, 0.3) is 0 Å². The Bertz CT molecular complexity index is 560. The summed E-state index contributed by atoms with van der Waals surface area (Å²) in [4.78, 5) is 0. The Morgan fingerprint density at radius 1 is 1.18 bits per heavy atom. The predicted octanol–water partition coefficient (Wildman–Crippen LogP) is 3.33. The van der Waals surface area contributed by atoms with Crippen LogP contribution in [-0.4, -0.2) is 14.2 Å². The lowest BCUT2D eigenvalue weighted by molar-refractivity contribution is -0.122. The van der Waals surface area contributed by atoms with Crippen molar-refractivity contribution in [3.8, 4) is 0 Å². The molecule has 0 amide bonds. The SMILES string of the molecule is O=S(=O)(Cl)CC12CC(c3ccccc3Cl)(C1)C2. The van der Waals surface area contributed by atoms with Crippen molar-refractivity contribution in [2.75, 3.05) is 5.75 Å². The average Bonchev–Trinajstić information content (AvgIpc) is 2.09. The molecule has 2 nitrogen and oxygen atoms in total. The number of halogens is 2. The second-order valence-corrected chi connectivity index (χ2v) is 8.66. The van der Waals surface area contributed by atoms with Crippen LogP contribution in [0.1, 0.15) is 24.8 Å². The van der Waals surface area contributed by atoms with E-state index >= 15 is 0 Å². The fourth-order valence-corrected chi connectivity index (χ4v) is 5.76. The first-order chi connectivity index (χ1) is 7.84. The third kappa shape index (κ3) is 1.79. The molecular weight excluding hydrogens is 279 g/mol. The standard InChI is InChI=1S/C12H12Cl2O2S/c13-10-4-2-1-3-9(10)12-5-11(6-12,7-12)8-17(14,15)16/h1-4H,5-8H2. The zero-order valence-corrected chi connectivity index (χ0v) is 11.4. The summed E-state index contributed by atoms with van der Waals surface area (Å²) < 4.78 is 22.2. The molecule has 0 radical (unpaired) electrons. The molecule has 4 rings (SSSR count). The maximum absolute atomic E-state index is 11.1. The fraction of sp³-hybridized carbons (Fsp3) is 0.500. The Morgan fingerprint density at radius 3 is 2.29 bits per heavy atom. The van der Waals surface area contributed by atoms with Gasteiger partial charge in [-0.2, -0.15) is 0 Å². The molecule has 0 N–H and O–H groups in total. The molecule has 3 aliphatic carbocycles. The molecule has 0 atom stereocenters. The van der Waals surface area contributed by atoms with Crippen LogP contribution in [0.2, 0.25) is 5.02 Å². The van der Waals surface area contributed by atoms with E-state index in [2.05, 4.69) is 0 Å². The first-order valence-corrected chi connectivity index (χ1v) is 8.37. The van der Waals surface area contributed by atoms with Crippen molar-refractivity contribution >= 4 is 31.3 Å². The normalized spacial score (nSPS) is 34.9. The highest BCUT2D eigenvalue weighted by Crippen LogP contribution is 2.74. The Labute approximate surface area is 110 Å². The molecule has 3 aliphatic rings. The zero-order chi connectivity index (χ0) is 12.3. The zero-order valence-electron chi connectivity index (χ0n) is 9.12. The maximum Gasteiger partial charge on any atom is 0.233 e. The van der Waals surface area contributed by atoms with E-state index in [0.29, 0.717) is 0 Å². The molecule has 0 heterocycles. The first-order valence-electron chi connectivity index (χ1n) is 5.52. The highest BCUT2D eigenvalue weighted by molar-refractivity contribution is 8.13. The Kier molecular flexibility index (Phi) is 2.36. The van der Waals surface area contributed by atoms with Crippen LogP contribution >= 0.6 is 22.3 Å². The van der Waals surface area contributed by atoms with Gasteiger partial charge in [0.05, 0.1) is 5.75 Å². The van der Waals surface area contributed by atoms with Crippen LogP contribution in [0.5, 0.6) is 0 Å². The van der Waals surface area contributed by atoms with Gasteiger partial charge in [-0.3, -0.25) is 0 Å². The minimum atomic E-state index is -3.38. The van der Waals surface area contributed by atoms with Gasteiger partial charge in [0.2, 0.25) is 9.05 Å². The number of benzene rings is 1. The minimum absolute atomic E-state index is 0.0697. The van der Waals surface area contributed by atoms with E-state index < -0.39 is 9.05 Å². The van der Waals surface area contributed by atoms with Gasteiger partial charge in [0.1, 0.15) is 0 Å². The molecule has 1 aromatic carbocycles. The molecule has 5 heteroatoms. The fourth-order valence-electron chi connectivity index (χ4n) is 3.69. The van der Waals surface area contributed by atoms with E-state index in [0.717, 1.165) is 29.8 Å². The lowest BCUT2D eigenvalue weighted by atomic mass is 9.34. The van der Waals surface area contributed by atoms with E-state index in [1.165, 1.54) is 0 Å². The van der Waals surface area contributed by atoms with Gasteiger partial charge >= 0.3 is 0 Å². The first kappa shape index (κ1) is 11.8. The monoisotopic (exact) mass is 290 g/mol. The second-order valence-electron chi connectivity index (χ2n) is 5.47. The van der Waals surface area contributed by atoms with Gasteiger partial charge in [-0.15, -0.1) is 0 Å². The van der Waals surface area contributed by atoms with Gasteiger partial charge in [0.25, 0.3) is 0 Å². The van der Waals surface area contributed by atoms with Crippen molar-refractivity contribution in [2.45, 2.75) is 24.7 Å². The lowest BCUT2D eigenvalue weighted by Crippen LogP contribution is -2.66. The molecule has 3 saturated carbocycles. The van der Waals surface area contributed by atoms with E-state index in [1.54, 1.807) is 0 Å². The lowest BCUT2D eigenvalue weighted by Gasteiger charge is -2.71. The molecule has 92 valence electrons. The molecule has 2 bridgehead atoms. The van der Waals surface area contributed by atoms with Gasteiger partial charge in [-0.05, 0) is 41.7 Å². The summed E-state index contributed by atoms with van der Waals surface area (Å²) in [5.74, 6) is 0.105. The largest absolute Gasteiger partial charge is 0.233 e. The van der Waals surface area contributed by atoms with Crippen molar-refractivity contribution in [2.24, 2.45) is 5.41 Å². The van der Waals surface area contributed by atoms with E-state index in [-0.39, 0.29) is 16.6 Å². The Morgan fingerprint density at radius 2 is 1.76 bits per heavy atom. The number of rotatable bonds is 3. The average molecular weight is 291 g/mol. The molecule has 0 saturated heterocycles. The third-order valence-electron chi connectivity index (χ3n) is 4.06. The van der Waals surface area contributed by atoms with Gasteiger partial charge in [0.15, 0.2) is 0 Å². The van der Waals surface area contributed by atoms with Crippen molar-refractivity contribution in [3.05, 3.63) is 34.9 Å². The smallest absolute Gasteiger partial charge is 0.212 e. The van der Waals surface area contributed by atoms with Crippen LogP contribution in [0, 0.1) is 5.41 Å². The van der Waals surface area contributed by atoms with Gasteiger partial charge in [-0.25, -0.2) is 8.42 Å². The maximum atomic E-state index is 11.1. The highest BCUT2D eigenvalue weighted by Gasteiger charge is 2.69. The van der Waals surface area contributed by atoms with Crippen LogP contribution in [0.3, 0.4) is 0 Å². The summed E-state index contributed by atoms with van der Waals surface area (Å²) in [5, 5.41) is 0.787. The molecular formula is C12H12Cl2O2S.